The van der Waals surface area contributed by atoms with Gasteiger partial charge in [-0.1, -0.05) is 36.5 Å². The number of benzene rings is 1. The molecular weight excluding hydrogens is 309 g/mol. The van der Waals surface area contributed by atoms with E-state index < -0.39 is 10.0 Å². The van der Waals surface area contributed by atoms with Crippen molar-refractivity contribution in [1.29, 1.82) is 0 Å². The van der Waals surface area contributed by atoms with Crippen LogP contribution in [-0.2, 0) is 10.0 Å². The Morgan fingerprint density at radius 2 is 1.84 bits per heavy atom. The van der Waals surface area contributed by atoms with Gasteiger partial charge in [-0.05, 0) is 30.5 Å². The third-order valence-electron chi connectivity index (χ3n) is 2.82. The van der Waals surface area contributed by atoms with E-state index in [9.17, 15) is 8.42 Å². The molecule has 1 atom stereocenters. The zero-order valence-electron chi connectivity index (χ0n) is 10.6. The Kier molecular flexibility index (Phi) is 6.56. The molecule has 4 nitrogen and oxygen atoms in total. The number of rotatable bonds is 7. The van der Waals surface area contributed by atoms with Gasteiger partial charge >= 0.3 is 0 Å². The topological polar surface area (TPSA) is 66.4 Å². The minimum atomic E-state index is -3.63. The van der Waals surface area contributed by atoms with Gasteiger partial charge in [0.2, 0.25) is 10.0 Å². The van der Waals surface area contributed by atoms with Gasteiger partial charge in [0, 0.05) is 23.2 Å². The van der Waals surface area contributed by atoms with E-state index in [-0.39, 0.29) is 34.0 Å². The van der Waals surface area contributed by atoms with Crippen LogP contribution in [0.5, 0.6) is 0 Å². The third kappa shape index (κ3) is 5.28. The molecule has 7 heteroatoms. The maximum absolute atomic E-state index is 12.1. The number of nitrogens with one attached hydrogen (secondary N) is 1. The zero-order chi connectivity index (χ0) is 14.5. The monoisotopic (exact) mass is 325 g/mol. The molecule has 0 fully saturated rings. The first-order chi connectivity index (χ1) is 8.89. The minimum absolute atomic E-state index is 0.0449. The van der Waals surface area contributed by atoms with Crippen molar-refractivity contribution in [2.24, 2.45) is 5.92 Å². The van der Waals surface area contributed by atoms with Gasteiger partial charge in [-0.3, -0.25) is 0 Å². The Balaban J connectivity index is 2.80. The van der Waals surface area contributed by atoms with Crippen molar-refractivity contribution >= 4 is 33.2 Å². The summed E-state index contributed by atoms with van der Waals surface area (Å²) in [6.45, 7) is 2.28. The van der Waals surface area contributed by atoms with Gasteiger partial charge in [0.25, 0.3) is 0 Å². The van der Waals surface area contributed by atoms with E-state index in [1.54, 1.807) is 0 Å². The van der Waals surface area contributed by atoms with Crippen molar-refractivity contribution in [3.8, 4) is 0 Å². The average Bonchev–Trinajstić information content (AvgIpc) is 2.33. The van der Waals surface area contributed by atoms with Gasteiger partial charge in [-0.25, -0.2) is 13.1 Å². The Morgan fingerprint density at radius 3 is 2.32 bits per heavy atom. The molecule has 0 aliphatic rings. The summed E-state index contributed by atoms with van der Waals surface area (Å²) in [5.74, 6) is 0.106. The SMILES string of the molecule is CCC(CCO)CNS(=O)(=O)c1cc(Cl)cc(Cl)c1. The first kappa shape index (κ1) is 16.7. The van der Waals surface area contributed by atoms with Gasteiger partial charge in [0.1, 0.15) is 0 Å². The number of aliphatic hydroxyl groups is 1. The predicted molar refractivity (Wildman–Crippen MR) is 77.1 cm³/mol. The smallest absolute Gasteiger partial charge is 0.240 e. The van der Waals surface area contributed by atoms with Crippen molar-refractivity contribution in [3.63, 3.8) is 0 Å². The Morgan fingerprint density at radius 1 is 1.26 bits per heavy atom. The van der Waals surface area contributed by atoms with Crippen LogP contribution in [0.1, 0.15) is 19.8 Å². The minimum Gasteiger partial charge on any atom is -0.396 e. The lowest BCUT2D eigenvalue weighted by Crippen LogP contribution is -2.29. The highest BCUT2D eigenvalue weighted by Crippen LogP contribution is 2.22. The van der Waals surface area contributed by atoms with Crippen LogP contribution < -0.4 is 4.72 Å². The molecule has 0 aliphatic carbocycles. The fraction of sp³-hybridized carbons (Fsp3) is 0.500. The molecule has 108 valence electrons. The molecule has 0 aromatic heterocycles. The van der Waals surface area contributed by atoms with Crippen LogP contribution in [0.3, 0.4) is 0 Å². The second-order valence-corrected chi connectivity index (χ2v) is 6.88. The average molecular weight is 326 g/mol. The number of sulfonamides is 1. The summed E-state index contributed by atoms with van der Waals surface area (Å²) in [5.41, 5.74) is 0. The molecule has 0 bridgehead atoms. The fourth-order valence-electron chi connectivity index (χ4n) is 1.63. The standard InChI is InChI=1S/C12H17Cl2NO3S/c1-2-9(3-4-16)8-15-19(17,18)12-6-10(13)5-11(14)7-12/h5-7,9,15-16H,2-4,8H2,1H3. The van der Waals surface area contributed by atoms with Gasteiger partial charge in [0.05, 0.1) is 4.90 Å². The zero-order valence-corrected chi connectivity index (χ0v) is 12.9. The molecule has 0 radical (unpaired) electrons. The van der Waals surface area contributed by atoms with Crippen LogP contribution in [0.15, 0.2) is 23.1 Å². The highest BCUT2D eigenvalue weighted by Gasteiger charge is 2.17. The Labute approximate surface area is 123 Å². The lowest BCUT2D eigenvalue weighted by atomic mass is 10.0. The predicted octanol–water partition coefficient (Wildman–Crippen LogP) is 2.68. The van der Waals surface area contributed by atoms with E-state index in [0.29, 0.717) is 6.42 Å². The van der Waals surface area contributed by atoms with Gasteiger partial charge in [0.15, 0.2) is 0 Å². The van der Waals surface area contributed by atoms with E-state index in [2.05, 4.69) is 4.72 Å². The van der Waals surface area contributed by atoms with E-state index in [1.807, 2.05) is 6.92 Å². The highest BCUT2D eigenvalue weighted by atomic mass is 35.5. The maximum Gasteiger partial charge on any atom is 0.240 e. The van der Waals surface area contributed by atoms with Crippen LogP contribution in [0.4, 0.5) is 0 Å². The van der Waals surface area contributed by atoms with Crippen LogP contribution in [0, 0.1) is 5.92 Å². The third-order valence-corrected chi connectivity index (χ3v) is 4.66. The molecule has 0 amide bonds. The molecule has 1 rings (SSSR count). The van der Waals surface area contributed by atoms with Crippen LogP contribution in [0.2, 0.25) is 10.0 Å². The van der Waals surface area contributed by atoms with Gasteiger partial charge in [-0.15, -0.1) is 0 Å². The number of hydrogen-bond acceptors (Lipinski definition) is 3. The second kappa shape index (κ2) is 7.45. The van der Waals surface area contributed by atoms with Crippen LogP contribution in [-0.4, -0.2) is 26.7 Å². The normalized spacial score (nSPS) is 13.5. The first-order valence-electron chi connectivity index (χ1n) is 5.95. The molecule has 1 unspecified atom stereocenters. The summed E-state index contributed by atoms with van der Waals surface area (Å²) in [7, 11) is -3.63. The van der Waals surface area contributed by atoms with Crippen LogP contribution >= 0.6 is 23.2 Å². The summed E-state index contributed by atoms with van der Waals surface area (Å²) >= 11 is 11.6. The molecule has 0 saturated carbocycles. The summed E-state index contributed by atoms with van der Waals surface area (Å²) in [6, 6.07) is 4.17. The maximum atomic E-state index is 12.1. The Bertz CT molecular complexity index is 499. The highest BCUT2D eigenvalue weighted by molar-refractivity contribution is 7.89. The summed E-state index contributed by atoms with van der Waals surface area (Å²) < 4.78 is 26.7. The van der Waals surface area contributed by atoms with Crippen molar-refractivity contribution in [2.75, 3.05) is 13.2 Å². The largest absolute Gasteiger partial charge is 0.396 e. The van der Waals surface area contributed by atoms with Crippen molar-refractivity contribution in [2.45, 2.75) is 24.7 Å². The van der Waals surface area contributed by atoms with Crippen LogP contribution in [0.25, 0.3) is 0 Å². The fourth-order valence-corrected chi connectivity index (χ4v) is 3.47. The van der Waals surface area contributed by atoms with E-state index >= 15 is 0 Å². The van der Waals surface area contributed by atoms with Gasteiger partial charge in [-0.2, -0.15) is 0 Å². The molecule has 0 aliphatic heterocycles. The Hall–Kier alpha value is -0.330. The van der Waals surface area contributed by atoms with E-state index in [0.717, 1.165) is 6.42 Å². The molecular formula is C12H17Cl2NO3S. The second-order valence-electron chi connectivity index (χ2n) is 4.24. The molecule has 1 aromatic rings. The van der Waals surface area contributed by atoms with Gasteiger partial charge < -0.3 is 5.11 Å². The summed E-state index contributed by atoms with van der Waals surface area (Å²) in [4.78, 5) is 0.0452. The van der Waals surface area contributed by atoms with Crippen molar-refractivity contribution < 1.29 is 13.5 Å². The van der Waals surface area contributed by atoms with Crippen molar-refractivity contribution in [1.82, 2.24) is 4.72 Å². The molecule has 0 saturated heterocycles. The quantitative estimate of drug-likeness (QED) is 0.809. The lowest BCUT2D eigenvalue weighted by molar-refractivity contribution is 0.254. The molecule has 0 spiro atoms. The lowest BCUT2D eigenvalue weighted by Gasteiger charge is -2.14. The molecule has 2 N–H and O–H groups in total. The molecule has 0 heterocycles. The number of hydrogen-bond donors (Lipinski definition) is 2. The molecule has 1 aromatic carbocycles. The number of aliphatic hydroxyl groups excluding tert-OH is 1. The van der Waals surface area contributed by atoms with Crippen molar-refractivity contribution in [3.05, 3.63) is 28.2 Å². The van der Waals surface area contributed by atoms with E-state index in [1.165, 1.54) is 18.2 Å². The first-order valence-corrected chi connectivity index (χ1v) is 8.19. The molecule has 19 heavy (non-hydrogen) atoms. The summed E-state index contributed by atoms with van der Waals surface area (Å²) in [5, 5.41) is 9.42. The summed E-state index contributed by atoms with van der Waals surface area (Å²) in [6.07, 6.45) is 1.36. The van der Waals surface area contributed by atoms with E-state index in [4.69, 9.17) is 28.3 Å². The number of halogens is 2.